The molecule has 0 heterocycles. The van der Waals surface area contributed by atoms with E-state index in [1.54, 1.807) is 55.6 Å². The van der Waals surface area contributed by atoms with Crippen molar-refractivity contribution in [3.8, 4) is 11.5 Å². The Morgan fingerprint density at radius 1 is 0.741 bits per heavy atom. The molecule has 27 heavy (non-hydrogen) atoms. The molecule has 3 rings (SSSR count). The van der Waals surface area contributed by atoms with Crippen LogP contribution >= 0.6 is 0 Å². The molecule has 0 aliphatic rings. The Morgan fingerprint density at radius 3 is 2.04 bits per heavy atom. The predicted octanol–water partition coefficient (Wildman–Crippen LogP) is 4.48. The van der Waals surface area contributed by atoms with E-state index < -0.39 is 0 Å². The van der Waals surface area contributed by atoms with E-state index in [-0.39, 0.29) is 11.9 Å². The summed E-state index contributed by atoms with van der Waals surface area (Å²) in [5, 5.41) is 7.95. The van der Waals surface area contributed by atoms with Gasteiger partial charge in [0, 0.05) is 24.0 Å². The van der Waals surface area contributed by atoms with Crippen LogP contribution in [-0.4, -0.2) is 19.0 Å². The number of nitrogens with one attached hydrogen (secondary N) is 3. The van der Waals surface area contributed by atoms with Crippen LogP contribution in [0, 0.1) is 0 Å². The minimum absolute atomic E-state index is 0.250. The maximum Gasteiger partial charge on any atom is 0.318 e. The summed E-state index contributed by atoms with van der Waals surface area (Å²) in [6, 6.07) is 22.9. The Bertz CT molecular complexity index is 925. The Balaban J connectivity index is 1.65. The summed E-state index contributed by atoms with van der Waals surface area (Å²) in [5.41, 5.74) is 1.73. The molecule has 0 aromatic heterocycles. The second-order valence-electron chi connectivity index (χ2n) is 5.68. The lowest BCUT2D eigenvalue weighted by Gasteiger charge is -2.09. The van der Waals surface area contributed by atoms with Gasteiger partial charge in [0.15, 0.2) is 0 Å². The van der Waals surface area contributed by atoms with E-state index in [4.69, 9.17) is 4.74 Å². The Morgan fingerprint density at radius 2 is 1.37 bits per heavy atom. The average Bonchev–Trinajstić information content (AvgIpc) is 2.70. The normalized spacial score (nSPS) is 9.96. The molecule has 0 radical (unpaired) electrons. The molecular formula is C21H19N3O3. The van der Waals surface area contributed by atoms with Gasteiger partial charge in [0.2, 0.25) is 0 Å². The molecule has 0 bridgehead atoms. The number of benzene rings is 3. The summed E-state index contributed by atoms with van der Waals surface area (Å²) in [6.07, 6.45) is 0. The fourth-order valence-corrected chi connectivity index (χ4v) is 2.36. The minimum Gasteiger partial charge on any atom is -0.457 e. The second kappa shape index (κ2) is 8.53. The second-order valence-corrected chi connectivity index (χ2v) is 5.68. The number of hydrogen-bond acceptors (Lipinski definition) is 3. The van der Waals surface area contributed by atoms with Crippen molar-refractivity contribution in [1.82, 2.24) is 5.32 Å². The van der Waals surface area contributed by atoms with Gasteiger partial charge in [0.05, 0.1) is 0 Å². The number of ether oxygens (including phenoxy) is 1. The molecule has 0 spiro atoms. The van der Waals surface area contributed by atoms with Crippen LogP contribution in [0.15, 0.2) is 78.9 Å². The number of para-hydroxylation sites is 1. The van der Waals surface area contributed by atoms with Gasteiger partial charge >= 0.3 is 6.03 Å². The SMILES string of the molecule is CNC(=O)Nc1ccc(NC(=O)c2cccc(Oc3ccccc3)c2)cc1. The lowest BCUT2D eigenvalue weighted by Crippen LogP contribution is -2.24. The summed E-state index contributed by atoms with van der Waals surface area (Å²) < 4.78 is 5.76. The third kappa shape index (κ3) is 5.09. The van der Waals surface area contributed by atoms with Gasteiger partial charge in [-0.25, -0.2) is 4.79 Å². The first-order valence-electron chi connectivity index (χ1n) is 8.37. The third-order valence-corrected chi connectivity index (χ3v) is 3.70. The van der Waals surface area contributed by atoms with E-state index in [1.165, 1.54) is 0 Å². The molecule has 0 saturated carbocycles. The monoisotopic (exact) mass is 361 g/mol. The largest absolute Gasteiger partial charge is 0.457 e. The van der Waals surface area contributed by atoms with E-state index in [2.05, 4.69) is 16.0 Å². The topological polar surface area (TPSA) is 79.5 Å². The van der Waals surface area contributed by atoms with Crippen molar-refractivity contribution >= 4 is 23.3 Å². The predicted molar refractivity (Wildman–Crippen MR) is 105 cm³/mol. The van der Waals surface area contributed by atoms with E-state index in [0.29, 0.717) is 28.4 Å². The van der Waals surface area contributed by atoms with Crippen molar-refractivity contribution in [3.63, 3.8) is 0 Å². The van der Waals surface area contributed by atoms with Gasteiger partial charge in [-0.3, -0.25) is 4.79 Å². The Labute approximate surface area is 157 Å². The highest BCUT2D eigenvalue weighted by Crippen LogP contribution is 2.22. The smallest absolute Gasteiger partial charge is 0.318 e. The van der Waals surface area contributed by atoms with Crippen molar-refractivity contribution in [3.05, 3.63) is 84.4 Å². The van der Waals surface area contributed by atoms with Gasteiger partial charge in [0.1, 0.15) is 11.5 Å². The molecule has 0 atom stereocenters. The maximum atomic E-state index is 12.5. The van der Waals surface area contributed by atoms with Gasteiger partial charge in [-0.2, -0.15) is 0 Å². The van der Waals surface area contributed by atoms with Crippen LogP contribution in [0.5, 0.6) is 11.5 Å². The van der Waals surface area contributed by atoms with Crippen molar-refractivity contribution in [2.45, 2.75) is 0 Å². The molecule has 3 aromatic rings. The zero-order valence-electron chi connectivity index (χ0n) is 14.7. The minimum atomic E-state index is -0.304. The fourth-order valence-electron chi connectivity index (χ4n) is 2.36. The van der Waals surface area contributed by atoms with Crippen molar-refractivity contribution < 1.29 is 14.3 Å². The zero-order valence-corrected chi connectivity index (χ0v) is 14.7. The van der Waals surface area contributed by atoms with Crippen LogP contribution in [0.3, 0.4) is 0 Å². The highest BCUT2D eigenvalue weighted by molar-refractivity contribution is 6.04. The number of urea groups is 1. The summed E-state index contributed by atoms with van der Waals surface area (Å²) in [6.45, 7) is 0. The molecule has 0 aliphatic carbocycles. The Kier molecular flexibility index (Phi) is 5.69. The van der Waals surface area contributed by atoms with Gasteiger partial charge < -0.3 is 20.7 Å². The molecule has 3 N–H and O–H groups in total. The van der Waals surface area contributed by atoms with E-state index in [1.807, 2.05) is 30.3 Å². The van der Waals surface area contributed by atoms with Gasteiger partial charge in [-0.1, -0.05) is 24.3 Å². The van der Waals surface area contributed by atoms with Crippen molar-refractivity contribution in [1.29, 1.82) is 0 Å². The summed E-state index contributed by atoms with van der Waals surface area (Å²) in [7, 11) is 1.54. The standard InChI is InChI=1S/C21H19N3O3/c1-22-21(26)24-17-12-10-16(11-13-17)23-20(25)15-6-5-9-19(14-15)27-18-7-3-2-4-8-18/h2-14H,1H3,(H,23,25)(H2,22,24,26). The number of anilines is 2. The van der Waals surface area contributed by atoms with Crippen LogP contribution < -0.4 is 20.7 Å². The first kappa shape index (κ1) is 18.0. The molecule has 0 saturated heterocycles. The van der Waals surface area contributed by atoms with Gasteiger partial charge in [-0.05, 0) is 54.6 Å². The van der Waals surface area contributed by atoms with Crippen LogP contribution in [0.25, 0.3) is 0 Å². The molecule has 6 nitrogen and oxygen atoms in total. The molecule has 6 heteroatoms. The number of carbonyl (C=O) groups excluding carboxylic acids is 2. The lowest BCUT2D eigenvalue weighted by atomic mass is 10.2. The number of rotatable bonds is 5. The Hall–Kier alpha value is -3.80. The highest BCUT2D eigenvalue weighted by atomic mass is 16.5. The van der Waals surface area contributed by atoms with Crippen LogP contribution in [0.1, 0.15) is 10.4 Å². The molecule has 0 aliphatic heterocycles. The summed E-state index contributed by atoms with van der Waals surface area (Å²) >= 11 is 0. The molecule has 0 unspecified atom stereocenters. The number of amides is 3. The molecule has 0 fully saturated rings. The number of hydrogen-bond donors (Lipinski definition) is 3. The summed E-state index contributed by atoms with van der Waals surface area (Å²) in [4.78, 5) is 23.8. The van der Waals surface area contributed by atoms with Crippen LogP contribution in [0.2, 0.25) is 0 Å². The quantitative estimate of drug-likeness (QED) is 0.627. The lowest BCUT2D eigenvalue weighted by molar-refractivity contribution is 0.102. The van der Waals surface area contributed by atoms with Gasteiger partial charge in [-0.15, -0.1) is 0 Å². The van der Waals surface area contributed by atoms with Crippen molar-refractivity contribution in [2.75, 3.05) is 17.7 Å². The highest BCUT2D eigenvalue weighted by Gasteiger charge is 2.08. The fraction of sp³-hybridized carbons (Fsp3) is 0.0476. The zero-order chi connectivity index (χ0) is 19.1. The molecule has 3 amide bonds. The first-order valence-corrected chi connectivity index (χ1v) is 8.37. The van der Waals surface area contributed by atoms with E-state index in [9.17, 15) is 9.59 Å². The van der Waals surface area contributed by atoms with Crippen LogP contribution in [-0.2, 0) is 0 Å². The van der Waals surface area contributed by atoms with Gasteiger partial charge in [0.25, 0.3) is 5.91 Å². The third-order valence-electron chi connectivity index (χ3n) is 3.70. The van der Waals surface area contributed by atoms with E-state index in [0.717, 1.165) is 0 Å². The molecular weight excluding hydrogens is 342 g/mol. The molecule has 136 valence electrons. The van der Waals surface area contributed by atoms with Crippen molar-refractivity contribution in [2.24, 2.45) is 0 Å². The van der Waals surface area contributed by atoms with E-state index >= 15 is 0 Å². The maximum absolute atomic E-state index is 12.5. The average molecular weight is 361 g/mol. The first-order chi connectivity index (χ1) is 13.1. The molecule has 3 aromatic carbocycles. The number of carbonyl (C=O) groups is 2. The van der Waals surface area contributed by atoms with Crippen LogP contribution in [0.4, 0.5) is 16.2 Å². The summed E-state index contributed by atoms with van der Waals surface area (Å²) in [5.74, 6) is 1.04.